The number of amides is 2. The molecule has 0 aromatic heterocycles. The van der Waals surface area contributed by atoms with E-state index < -0.39 is 28.9 Å². The largest absolute Gasteiger partial charge is 0.352 e. The van der Waals surface area contributed by atoms with E-state index in [9.17, 15) is 22.8 Å². The van der Waals surface area contributed by atoms with E-state index in [1.165, 1.54) is 0 Å². The maximum atomic E-state index is 13.5. The molecule has 2 amide bonds. The van der Waals surface area contributed by atoms with Gasteiger partial charge in [0, 0.05) is 6.04 Å². The second-order valence-corrected chi connectivity index (χ2v) is 5.66. The molecular weight excluding hydrogens is 309 g/mol. The van der Waals surface area contributed by atoms with Gasteiger partial charge in [-0.1, -0.05) is 25.7 Å². The fourth-order valence-corrected chi connectivity index (χ4v) is 2.66. The predicted molar refractivity (Wildman–Crippen MR) is 78.3 cm³/mol. The van der Waals surface area contributed by atoms with Gasteiger partial charge in [-0.2, -0.15) is 0 Å². The predicted octanol–water partition coefficient (Wildman–Crippen LogP) is 2.67. The number of nitrogens with one attached hydrogen (secondary N) is 2. The Labute approximate surface area is 132 Å². The molecule has 0 bridgehead atoms. The van der Waals surface area contributed by atoms with Crippen LogP contribution in [0.15, 0.2) is 12.1 Å². The summed E-state index contributed by atoms with van der Waals surface area (Å²) in [6, 6.07) is 1.59. The average molecular weight is 328 g/mol. The van der Waals surface area contributed by atoms with E-state index in [1.54, 1.807) is 0 Å². The van der Waals surface area contributed by atoms with E-state index in [-0.39, 0.29) is 18.5 Å². The van der Waals surface area contributed by atoms with Crippen LogP contribution in [0.5, 0.6) is 0 Å². The molecule has 0 aliphatic heterocycles. The summed E-state index contributed by atoms with van der Waals surface area (Å²) in [4.78, 5) is 23.6. The van der Waals surface area contributed by atoms with Crippen LogP contribution in [0, 0.1) is 17.5 Å². The second kappa shape index (κ2) is 7.99. The summed E-state index contributed by atoms with van der Waals surface area (Å²) in [6.07, 6.45) is 6.21. The number of hydrogen-bond acceptors (Lipinski definition) is 2. The van der Waals surface area contributed by atoms with E-state index >= 15 is 0 Å². The normalized spacial score (nSPS) is 15.8. The molecule has 2 N–H and O–H groups in total. The van der Waals surface area contributed by atoms with Crippen LogP contribution in [-0.2, 0) is 4.79 Å². The Hall–Kier alpha value is -2.05. The first-order valence-corrected chi connectivity index (χ1v) is 7.70. The Kier molecular flexibility index (Phi) is 6.01. The lowest BCUT2D eigenvalue weighted by atomic mass is 10.1. The van der Waals surface area contributed by atoms with Crippen LogP contribution < -0.4 is 10.6 Å². The van der Waals surface area contributed by atoms with Crippen molar-refractivity contribution in [2.24, 2.45) is 0 Å². The number of benzene rings is 1. The van der Waals surface area contributed by atoms with Crippen molar-refractivity contribution in [3.63, 3.8) is 0 Å². The molecule has 1 aliphatic rings. The summed E-state index contributed by atoms with van der Waals surface area (Å²) in [5.41, 5.74) is -0.633. The van der Waals surface area contributed by atoms with Gasteiger partial charge in [-0.05, 0) is 25.0 Å². The van der Waals surface area contributed by atoms with Crippen LogP contribution in [0.25, 0.3) is 0 Å². The number of halogens is 3. The standard InChI is InChI=1S/C16H19F3N2O2/c17-12-8-7-11(14(18)15(12)19)16(23)20-9-13(22)21-10-5-3-1-2-4-6-10/h7-8,10H,1-6,9H2,(H,20,23)(H,21,22). The van der Waals surface area contributed by atoms with Crippen molar-refractivity contribution in [3.8, 4) is 0 Å². The molecule has 2 rings (SSSR count). The van der Waals surface area contributed by atoms with Crippen molar-refractivity contribution in [2.45, 2.75) is 44.6 Å². The highest BCUT2D eigenvalue weighted by Gasteiger charge is 2.20. The first-order valence-electron chi connectivity index (χ1n) is 7.70. The molecule has 4 nitrogen and oxygen atoms in total. The average Bonchev–Trinajstić information content (AvgIpc) is 2.79. The second-order valence-electron chi connectivity index (χ2n) is 5.66. The van der Waals surface area contributed by atoms with E-state index in [2.05, 4.69) is 10.6 Å². The van der Waals surface area contributed by atoms with E-state index in [0.717, 1.165) is 44.6 Å². The fourth-order valence-electron chi connectivity index (χ4n) is 2.66. The minimum absolute atomic E-state index is 0.0851. The van der Waals surface area contributed by atoms with Gasteiger partial charge in [-0.3, -0.25) is 9.59 Å². The summed E-state index contributed by atoms with van der Waals surface area (Å²) >= 11 is 0. The molecule has 1 saturated carbocycles. The minimum atomic E-state index is -1.71. The lowest BCUT2D eigenvalue weighted by molar-refractivity contribution is -0.120. The topological polar surface area (TPSA) is 58.2 Å². The zero-order chi connectivity index (χ0) is 16.8. The number of carbonyl (C=O) groups excluding carboxylic acids is 2. The van der Waals surface area contributed by atoms with Crippen molar-refractivity contribution >= 4 is 11.8 Å². The van der Waals surface area contributed by atoms with Gasteiger partial charge >= 0.3 is 0 Å². The molecule has 0 saturated heterocycles. The van der Waals surface area contributed by atoms with Crippen molar-refractivity contribution in [1.82, 2.24) is 10.6 Å². The third kappa shape index (κ3) is 4.71. The molecular formula is C16H19F3N2O2. The van der Waals surface area contributed by atoms with Crippen LogP contribution in [0.3, 0.4) is 0 Å². The smallest absolute Gasteiger partial charge is 0.254 e. The zero-order valence-corrected chi connectivity index (χ0v) is 12.6. The monoisotopic (exact) mass is 328 g/mol. The van der Waals surface area contributed by atoms with Crippen molar-refractivity contribution in [1.29, 1.82) is 0 Å². The highest BCUT2D eigenvalue weighted by molar-refractivity contribution is 5.96. The van der Waals surface area contributed by atoms with Crippen LogP contribution in [0.4, 0.5) is 13.2 Å². The summed E-state index contributed by atoms with van der Waals surface area (Å²) in [5, 5.41) is 5.03. The molecule has 23 heavy (non-hydrogen) atoms. The van der Waals surface area contributed by atoms with Crippen LogP contribution >= 0.6 is 0 Å². The van der Waals surface area contributed by atoms with Crippen molar-refractivity contribution in [2.75, 3.05) is 6.54 Å². The third-order valence-electron chi connectivity index (χ3n) is 3.91. The quantitative estimate of drug-likeness (QED) is 0.659. The number of hydrogen-bond donors (Lipinski definition) is 2. The number of carbonyl (C=O) groups is 2. The number of rotatable bonds is 4. The molecule has 0 heterocycles. The maximum absolute atomic E-state index is 13.5. The maximum Gasteiger partial charge on any atom is 0.254 e. The van der Waals surface area contributed by atoms with Crippen LogP contribution in [-0.4, -0.2) is 24.4 Å². The van der Waals surface area contributed by atoms with Gasteiger partial charge in [-0.25, -0.2) is 13.2 Å². The first kappa shape index (κ1) is 17.3. The molecule has 0 radical (unpaired) electrons. The molecule has 1 fully saturated rings. The Morgan fingerprint density at radius 2 is 1.65 bits per heavy atom. The van der Waals surface area contributed by atoms with Crippen LogP contribution in [0.1, 0.15) is 48.9 Å². The van der Waals surface area contributed by atoms with Gasteiger partial charge in [0.1, 0.15) is 0 Å². The van der Waals surface area contributed by atoms with Gasteiger partial charge in [-0.15, -0.1) is 0 Å². The van der Waals surface area contributed by atoms with Crippen molar-refractivity contribution < 1.29 is 22.8 Å². The third-order valence-corrected chi connectivity index (χ3v) is 3.91. The first-order chi connectivity index (χ1) is 11.0. The summed E-state index contributed by atoms with van der Waals surface area (Å²) in [7, 11) is 0. The SMILES string of the molecule is O=C(CNC(=O)c1ccc(F)c(F)c1F)NC1CCCCCC1. The minimum Gasteiger partial charge on any atom is -0.352 e. The summed E-state index contributed by atoms with van der Waals surface area (Å²) < 4.78 is 39.4. The van der Waals surface area contributed by atoms with E-state index in [4.69, 9.17) is 0 Å². The lowest BCUT2D eigenvalue weighted by Gasteiger charge is -2.16. The van der Waals surface area contributed by atoms with Gasteiger partial charge < -0.3 is 10.6 Å². The van der Waals surface area contributed by atoms with E-state index in [1.807, 2.05) is 0 Å². The Morgan fingerprint density at radius 1 is 1.00 bits per heavy atom. The summed E-state index contributed by atoms with van der Waals surface area (Å²) in [5.74, 6) is -5.98. The van der Waals surface area contributed by atoms with Gasteiger partial charge in [0.05, 0.1) is 12.1 Å². The van der Waals surface area contributed by atoms with E-state index in [0.29, 0.717) is 6.07 Å². The highest BCUT2D eigenvalue weighted by atomic mass is 19.2. The molecule has 1 aromatic rings. The van der Waals surface area contributed by atoms with Crippen LogP contribution in [0.2, 0.25) is 0 Å². The Balaban J connectivity index is 1.86. The highest BCUT2D eigenvalue weighted by Crippen LogP contribution is 2.17. The van der Waals surface area contributed by atoms with Gasteiger partial charge in [0.15, 0.2) is 17.5 Å². The zero-order valence-electron chi connectivity index (χ0n) is 12.6. The summed E-state index contributed by atoms with van der Waals surface area (Å²) in [6.45, 7) is -0.340. The molecule has 0 spiro atoms. The molecule has 1 aromatic carbocycles. The van der Waals surface area contributed by atoms with Gasteiger partial charge in [0.25, 0.3) is 5.91 Å². The molecule has 126 valence electrons. The Bertz CT molecular complexity index is 585. The molecule has 0 atom stereocenters. The molecule has 1 aliphatic carbocycles. The lowest BCUT2D eigenvalue weighted by Crippen LogP contribution is -2.42. The molecule has 0 unspecified atom stereocenters. The Morgan fingerprint density at radius 3 is 2.30 bits per heavy atom. The van der Waals surface area contributed by atoms with Gasteiger partial charge in [0.2, 0.25) is 5.91 Å². The fraction of sp³-hybridized carbons (Fsp3) is 0.500. The molecule has 7 heteroatoms. The van der Waals surface area contributed by atoms with Crippen molar-refractivity contribution in [3.05, 3.63) is 35.1 Å².